The molecule has 0 spiro atoms. The highest BCUT2D eigenvalue weighted by Gasteiger charge is 2.19. The van der Waals surface area contributed by atoms with Crippen LogP contribution in [0.4, 0.5) is 5.69 Å². The molecule has 9 heteroatoms. The molecule has 2 aromatic rings. The first-order valence-corrected chi connectivity index (χ1v) is 8.64. The van der Waals surface area contributed by atoms with E-state index in [1.54, 1.807) is 0 Å². The predicted octanol–water partition coefficient (Wildman–Crippen LogP) is 3.06. The van der Waals surface area contributed by atoms with E-state index in [1.807, 2.05) is 0 Å². The molecule has 0 aliphatic rings. The van der Waals surface area contributed by atoms with E-state index in [9.17, 15) is 13.2 Å². The van der Waals surface area contributed by atoms with Crippen molar-refractivity contribution in [1.82, 2.24) is 0 Å². The van der Waals surface area contributed by atoms with Crippen LogP contribution >= 0.6 is 38.9 Å². The summed E-state index contributed by atoms with van der Waals surface area (Å²) in [5.74, 6) is -0.632. The number of amides is 1. The minimum Gasteiger partial charge on any atom is -0.366 e. The number of hydrogen-bond donors (Lipinski definition) is 2. The van der Waals surface area contributed by atoms with Gasteiger partial charge in [0.05, 0.1) is 8.81 Å². The molecule has 1 heterocycles. The molecule has 0 atom stereocenters. The first-order valence-electron chi connectivity index (χ1n) is 5.17. The minimum absolute atomic E-state index is 0.0684. The van der Waals surface area contributed by atoms with Crippen LogP contribution in [-0.4, -0.2) is 14.3 Å². The van der Waals surface area contributed by atoms with Gasteiger partial charge < -0.3 is 5.73 Å². The third kappa shape index (κ3) is 3.32. The standard InChI is InChI=1S/C11H8BrClN2O3S2/c12-10-8(13)5-9(19-10)20(17,18)15-7-3-1-2-6(4-7)11(14)16/h1-5,15H,(H2,14,16). The summed E-state index contributed by atoms with van der Waals surface area (Å²) in [6, 6.07) is 7.27. The van der Waals surface area contributed by atoms with Crippen LogP contribution in [0.2, 0.25) is 5.02 Å². The zero-order chi connectivity index (χ0) is 14.9. The summed E-state index contributed by atoms with van der Waals surface area (Å²) in [5, 5.41) is 0.321. The fourth-order valence-corrected chi connectivity index (χ4v) is 4.85. The SMILES string of the molecule is NC(=O)c1cccc(NS(=O)(=O)c2cc(Cl)c(Br)s2)c1. The van der Waals surface area contributed by atoms with Crippen LogP contribution in [0.3, 0.4) is 0 Å². The van der Waals surface area contributed by atoms with E-state index >= 15 is 0 Å². The van der Waals surface area contributed by atoms with Crippen LogP contribution in [0.5, 0.6) is 0 Å². The molecule has 1 amide bonds. The Morgan fingerprint density at radius 1 is 1.35 bits per heavy atom. The monoisotopic (exact) mass is 394 g/mol. The lowest BCUT2D eigenvalue weighted by Gasteiger charge is -2.06. The molecule has 0 fully saturated rings. The average molecular weight is 396 g/mol. The van der Waals surface area contributed by atoms with E-state index in [2.05, 4.69) is 20.7 Å². The molecule has 1 aromatic carbocycles. The van der Waals surface area contributed by atoms with Gasteiger partial charge in [-0.2, -0.15) is 0 Å². The van der Waals surface area contributed by atoms with Crippen molar-refractivity contribution in [2.24, 2.45) is 5.73 Å². The molecule has 3 N–H and O–H groups in total. The minimum atomic E-state index is -3.76. The molecule has 0 unspecified atom stereocenters. The van der Waals surface area contributed by atoms with Crippen molar-refractivity contribution in [2.45, 2.75) is 4.21 Å². The van der Waals surface area contributed by atoms with Crippen LogP contribution < -0.4 is 10.5 Å². The Hall–Kier alpha value is -1.09. The van der Waals surface area contributed by atoms with Crippen molar-refractivity contribution in [3.8, 4) is 0 Å². The summed E-state index contributed by atoms with van der Waals surface area (Å²) in [6.07, 6.45) is 0. The van der Waals surface area contributed by atoms with Crippen molar-refractivity contribution >= 4 is 60.5 Å². The predicted molar refractivity (Wildman–Crippen MR) is 82.8 cm³/mol. The molecule has 106 valence electrons. The number of rotatable bonds is 4. The first-order chi connectivity index (χ1) is 9.29. The van der Waals surface area contributed by atoms with Gasteiger partial charge in [-0.3, -0.25) is 9.52 Å². The maximum absolute atomic E-state index is 12.2. The van der Waals surface area contributed by atoms with Crippen molar-refractivity contribution in [3.05, 3.63) is 44.7 Å². The second-order valence-electron chi connectivity index (χ2n) is 3.74. The molecule has 0 saturated heterocycles. The second-order valence-corrected chi connectivity index (χ2v) is 8.42. The fourth-order valence-electron chi connectivity index (χ4n) is 1.40. The maximum Gasteiger partial charge on any atom is 0.271 e. The van der Waals surface area contributed by atoms with E-state index < -0.39 is 15.9 Å². The van der Waals surface area contributed by atoms with E-state index in [-0.39, 0.29) is 15.5 Å². The van der Waals surface area contributed by atoms with Gasteiger partial charge in [0, 0.05) is 11.3 Å². The number of nitrogens with one attached hydrogen (secondary N) is 1. The molecule has 0 bridgehead atoms. The van der Waals surface area contributed by atoms with Gasteiger partial charge in [0.25, 0.3) is 10.0 Å². The molecule has 20 heavy (non-hydrogen) atoms. The van der Waals surface area contributed by atoms with Gasteiger partial charge in [-0.25, -0.2) is 8.42 Å². The topological polar surface area (TPSA) is 89.3 Å². The number of hydrogen-bond acceptors (Lipinski definition) is 4. The largest absolute Gasteiger partial charge is 0.366 e. The zero-order valence-electron chi connectivity index (χ0n) is 9.76. The van der Waals surface area contributed by atoms with Crippen molar-refractivity contribution in [3.63, 3.8) is 0 Å². The van der Waals surface area contributed by atoms with Gasteiger partial charge in [-0.15, -0.1) is 11.3 Å². The number of carbonyl (C=O) groups is 1. The number of anilines is 1. The highest BCUT2D eigenvalue weighted by molar-refractivity contribution is 9.11. The summed E-state index contributed by atoms with van der Waals surface area (Å²) < 4.78 is 27.3. The fraction of sp³-hybridized carbons (Fsp3) is 0. The van der Waals surface area contributed by atoms with Crippen LogP contribution in [0.1, 0.15) is 10.4 Å². The van der Waals surface area contributed by atoms with Gasteiger partial charge in [-0.05, 0) is 40.2 Å². The second kappa shape index (κ2) is 5.72. The quantitative estimate of drug-likeness (QED) is 0.833. The summed E-state index contributed by atoms with van der Waals surface area (Å²) >= 11 is 9.97. The number of thiophene rings is 1. The molecular weight excluding hydrogens is 388 g/mol. The molecule has 2 rings (SSSR count). The molecule has 1 aromatic heterocycles. The van der Waals surface area contributed by atoms with Crippen LogP contribution in [0.15, 0.2) is 38.3 Å². The maximum atomic E-state index is 12.2. The number of sulfonamides is 1. The molecule has 0 radical (unpaired) electrons. The molecule has 0 saturated carbocycles. The van der Waals surface area contributed by atoms with Gasteiger partial charge in [0.2, 0.25) is 5.91 Å². The summed E-state index contributed by atoms with van der Waals surface area (Å²) in [7, 11) is -3.76. The van der Waals surface area contributed by atoms with E-state index in [4.69, 9.17) is 17.3 Å². The Morgan fingerprint density at radius 2 is 2.05 bits per heavy atom. The molecule has 5 nitrogen and oxygen atoms in total. The third-order valence-electron chi connectivity index (χ3n) is 2.29. The van der Waals surface area contributed by atoms with E-state index in [0.29, 0.717) is 8.81 Å². The number of primary amides is 1. The van der Waals surface area contributed by atoms with Gasteiger partial charge in [0.15, 0.2) is 0 Å². The normalized spacial score (nSPS) is 11.3. The average Bonchev–Trinajstić information content (AvgIpc) is 2.70. The lowest BCUT2D eigenvalue weighted by Crippen LogP contribution is -2.14. The zero-order valence-corrected chi connectivity index (χ0v) is 13.7. The molecule has 0 aliphatic carbocycles. The Labute approximate surface area is 132 Å². The smallest absolute Gasteiger partial charge is 0.271 e. The van der Waals surface area contributed by atoms with Crippen LogP contribution in [0, 0.1) is 0 Å². The molecular formula is C11H8BrClN2O3S2. The van der Waals surface area contributed by atoms with Crippen molar-refractivity contribution in [2.75, 3.05) is 4.72 Å². The van der Waals surface area contributed by atoms with Crippen molar-refractivity contribution in [1.29, 1.82) is 0 Å². The highest BCUT2D eigenvalue weighted by atomic mass is 79.9. The first kappa shape index (κ1) is 15.3. The lowest BCUT2D eigenvalue weighted by molar-refractivity contribution is 0.100. The number of nitrogens with two attached hydrogens (primary N) is 1. The van der Waals surface area contributed by atoms with Crippen LogP contribution in [0.25, 0.3) is 0 Å². The van der Waals surface area contributed by atoms with E-state index in [0.717, 1.165) is 11.3 Å². The summed E-state index contributed by atoms with van der Waals surface area (Å²) in [5.41, 5.74) is 5.61. The number of carbonyl (C=O) groups excluding carboxylic acids is 1. The van der Waals surface area contributed by atoms with Crippen LogP contribution in [-0.2, 0) is 10.0 Å². The highest BCUT2D eigenvalue weighted by Crippen LogP contribution is 2.35. The number of halogens is 2. The Kier molecular flexibility index (Phi) is 4.38. The van der Waals surface area contributed by atoms with Gasteiger partial charge >= 0.3 is 0 Å². The molecule has 0 aliphatic heterocycles. The Balaban J connectivity index is 2.33. The lowest BCUT2D eigenvalue weighted by atomic mass is 10.2. The van der Waals surface area contributed by atoms with Crippen molar-refractivity contribution < 1.29 is 13.2 Å². The summed E-state index contributed by atoms with van der Waals surface area (Å²) in [4.78, 5) is 11.1. The van der Waals surface area contributed by atoms with Gasteiger partial charge in [-0.1, -0.05) is 17.7 Å². The Bertz CT molecular complexity index is 754. The third-order valence-corrected chi connectivity index (χ3v) is 6.62. The number of benzene rings is 1. The van der Waals surface area contributed by atoms with Gasteiger partial charge in [0.1, 0.15) is 4.21 Å². The summed E-state index contributed by atoms with van der Waals surface area (Å²) in [6.45, 7) is 0. The van der Waals surface area contributed by atoms with E-state index in [1.165, 1.54) is 30.3 Å². The Morgan fingerprint density at radius 3 is 2.60 bits per heavy atom.